The van der Waals surface area contributed by atoms with Crippen LogP contribution in [-0.4, -0.2) is 42.4 Å². The molecule has 0 aliphatic carbocycles. The molecule has 1 aliphatic rings. The normalized spacial score (nSPS) is 14.6. The van der Waals surface area contributed by atoms with Crippen LogP contribution in [0, 0.1) is 12.8 Å². The van der Waals surface area contributed by atoms with Crippen molar-refractivity contribution in [2.24, 2.45) is 5.92 Å². The zero-order chi connectivity index (χ0) is 20.1. The Morgan fingerprint density at radius 3 is 2.64 bits per heavy atom. The Morgan fingerprint density at radius 1 is 1.25 bits per heavy atom. The molecule has 0 radical (unpaired) electrons. The number of aryl methyl sites for hydroxylation is 1. The first kappa shape index (κ1) is 20.5. The molecule has 0 spiro atoms. The van der Waals surface area contributed by atoms with Crippen molar-refractivity contribution in [1.82, 2.24) is 4.90 Å². The van der Waals surface area contributed by atoms with Gasteiger partial charge in [0.25, 0.3) is 11.8 Å². The van der Waals surface area contributed by atoms with Gasteiger partial charge >= 0.3 is 5.97 Å². The van der Waals surface area contributed by atoms with E-state index in [0.29, 0.717) is 36.5 Å². The van der Waals surface area contributed by atoms with Gasteiger partial charge in [0.15, 0.2) is 6.61 Å². The number of rotatable bonds is 5. The number of halogens is 1. The summed E-state index contributed by atoms with van der Waals surface area (Å²) in [5.41, 5.74) is 1.65. The molecule has 0 atom stereocenters. The van der Waals surface area contributed by atoms with E-state index >= 15 is 0 Å². The SMILES string of the molecule is Cc1cc(NC(=O)COC(=O)C2CCN(C(=O)c3cccs3)CC2)ccc1Br. The van der Waals surface area contributed by atoms with Crippen LogP contribution in [0.1, 0.15) is 28.1 Å². The van der Waals surface area contributed by atoms with Gasteiger partial charge in [-0.05, 0) is 55.0 Å². The lowest BCUT2D eigenvalue weighted by Gasteiger charge is -2.30. The van der Waals surface area contributed by atoms with Gasteiger partial charge in [-0.3, -0.25) is 14.4 Å². The van der Waals surface area contributed by atoms with E-state index in [0.717, 1.165) is 10.0 Å². The van der Waals surface area contributed by atoms with Crippen LogP contribution in [0.4, 0.5) is 5.69 Å². The van der Waals surface area contributed by atoms with E-state index in [2.05, 4.69) is 21.2 Å². The molecule has 2 amide bonds. The maximum atomic E-state index is 12.3. The standard InChI is InChI=1S/C20H21BrN2O4S/c1-13-11-15(4-5-16(13)21)22-18(24)12-27-20(26)14-6-8-23(9-7-14)19(25)17-3-2-10-28-17/h2-5,10-11,14H,6-9,12H2,1H3,(H,22,24). The first-order valence-corrected chi connectivity index (χ1v) is 10.7. The summed E-state index contributed by atoms with van der Waals surface area (Å²) in [5, 5.41) is 4.59. The summed E-state index contributed by atoms with van der Waals surface area (Å²) in [6.45, 7) is 2.64. The molecule has 2 aromatic rings. The van der Waals surface area contributed by atoms with Crippen molar-refractivity contribution in [2.45, 2.75) is 19.8 Å². The molecule has 28 heavy (non-hydrogen) atoms. The van der Waals surface area contributed by atoms with E-state index in [1.165, 1.54) is 11.3 Å². The van der Waals surface area contributed by atoms with Crippen molar-refractivity contribution in [1.29, 1.82) is 0 Å². The summed E-state index contributed by atoms with van der Waals surface area (Å²) in [5.74, 6) is -1.04. The summed E-state index contributed by atoms with van der Waals surface area (Å²) in [6, 6.07) is 9.12. The Balaban J connectivity index is 1.42. The first-order chi connectivity index (χ1) is 13.4. The Labute approximate surface area is 176 Å². The van der Waals surface area contributed by atoms with Gasteiger partial charge in [-0.2, -0.15) is 0 Å². The average Bonchev–Trinajstić information content (AvgIpc) is 3.23. The maximum absolute atomic E-state index is 12.3. The quantitative estimate of drug-likeness (QED) is 0.681. The second-order valence-corrected chi connectivity index (χ2v) is 8.47. The van der Waals surface area contributed by atoms with Gasteiger partial charge in [0.2, 0.25) is 0 Å². The number of esters is 1. The van der Waals surface area contributed by atoms with Crippen LogP contribution < -0.4 is 5.32 Å². The van der Waals surface area contributed by atoms with E-state index < -0.39 is 0 Å². The summed E-state index contributed by atoms with van der Waals surface area (Å²) in [4.78, 5) is 39.1. The Bertz CT molecular complexity index is 861. The molecular weight excluding hydrogens is 444 g/mol. The zero-order valence-corrected chi connectivity index (χ0v) is 17.8. The van der Waals surface area contributed by atoms with Crippen LogP contribution in [0.5, 0.6) is 0 Å². The predicted octanol–water partition coefficient (Wildman–Crippen LogP) is 3.85. The summed E-state index contributed by atoms with van der Waals surface area (Å²) in [6.07, 6.45) is 1.09. The highest BCUT2D eigenvalue weighted by atomic mass is 79.9. The van der Waals surface area contributed by atoms with Gasteiger partial charge in [-0.25, -0.2) is 0 Å². The van der Waals surface area contributed by atoms with Gasteiger partial charge < -0.3 is 15.0 Å². The van der Waals surface area contributed by atoms with Crippen LogP contribution in [0.3, 0.4) is 0 Å². The van der Waals surface area contributed by atoms with Gasteiger partial charge in [0, 0.05) is 23.2 Å². The zero-order valence-electron chi connectivity index (χ0n) is 15.4. The van der Waals surface area contributed by atoms with Gasteiger partial charge in [0.05, 0.1) is 10.8 Å². The minimum Gasteiger partial charge on any atom is -0.455 e. The largest absolute Gasteiger partial charge is 0.455 e. The lowest BCUT2D eigenvalue weighted by atomic mass is 9.97. The van der Waals surface area contributed by atoms with Crippen molar-refractivity contribution in [3.8, 4) is 0 Å². The van der Waals surface area contributed by atoms with Crippen LogP contribution in [0.25, 0.3) is 0 Å². The summed E-state index contributed by atoms with van der Waals surface area (Å²) < 4.78 is 6.13. The number of likely N-dealkylation sites (tertiary alicyclic amines) is 1. The molecule has 1 aliphatic heterocycles. The minimum absolute atomic E-state index is 0.00554. The Morgan fingerprint density at radius 2 is 2.00 bits per heavy atom. The van der Waals surface area contributed by atoms with E-state index in [1.807, 2.05) is 30.5 Å². The van der Waals surface area contributed by atoms with Gasteiger partial charge in [-0.1, -0.05) is 22.0 Å². The fourth-order valence-corrected chi connectivity index (χ4v) is 3.99. The minimum atomic E-state index is -0.384. The van der Waals surface area contributed by atoms with Crippen molar-refractivity contribution in [2.75, 3.05) is 25.0 Å². The van der Waals surface area contributed by atoms with Crippen molar-refractivity contribution < 1.29 is 19.1 Å². The van der Waals surface area contributed by atoms with Crippen LogP contribution in [-0.2, 0) is 14.3 Å². The smallest absolute Gasteiger partial charge is 0.309 e. The molecular formula is C20H21BrN2O4S. The molecule has 1 N–H and O–H groups in total. The molecule has 1 aromatic heterocycles. The third-order valence-electron chi connectivity index (χ3n) is 4.63. The monoisotopic (exact) mass is 464 g/mol. The number of piperidine rings is 1. The van der Waals surface area contributed by atoms with Gasteiger partial charge in [-0.15, -0.1) is 11.3 Å². The number of carbonyl (C=O) groups excluding carboxylic acids is 3. The molecule has 148 valence electrons. The van der Waals surface area contributed by atoms with Crippen LogP contribution in [0.15, 0.2) is 40.2 Å². The number of ether oxygens (including phenoxy) is 1. The van der Waals surface area contributed by atoms with Crippen molar-refractivity contribution in [3.05, 3.63) is 50.6 Å². The van der Waals surface area contributed by atoms with E-state index in [1.54, 1.807) is 17.0 Å². The highest BCUT2D eigenvalue weighted by Crippen LogP contribution is 2.22. The number of hydrogen-bond donors (Lipinski definition) is 1. The number of carbonyl (C=O) groups is 3. The van der Waals surface area contributed by atoms with E-state index in [-0.39, 0.29) is 30.3 Å². The molecule has 1 fully saturated rings. The lowest BCUT2D eigenvalue weighted by Crippen LogP contribution is -2.40. The number of benzene rings is 1. The molecule has 3 rings (SSSR count). The second kappa shape index (κ2) is 9.34. The first-order valence-electron chi connectivity index (χ1n) is 8.99. The Hall–Kier alpha value is -2.19. The van der Waals surface area contributed by atoms with Crippen LogP contribution >= 0.6 is 27.3 Å². The van der Waals surface area contributed by atoms with E-state index in [9.17, 15) is 14.4 Å². The van der Waals surface area contributed by atoms with Crippen molar-refractivity contribution >= 4 is 50.7 Å². The molecule has 2 heterocycles. The molecule has 1 aromatic carbocycles. The highest BCUT2D eigenvalue weighted by Gasteiger charge is 2.29. The van der Waals surface area contributed by atoms with E-state index in [4.69, 9.17) is 4.74 Å². The molecule has 8 heteroatoms. The molecule has 1 saturated heterocycles. The maximum Gasteiger partial charge on any atom is 0.309 e. The average molecular weight is 465 g/mol. The number of nitrogens with one attached hydrogen (secondary N) is 1. The molecule has 0 bridgehead atoms. The third-order valence-corrected chi connectivity index (χ3v) is 6.38. The van der Waals surface area contributed by atoms with Gasteiger partial charge in [0.1, 0.15) is 0 Å². The second-order valence-electron chi connectivity index (χ2n) is 6.66. The Kier molecular flexibility index (Phi) is 6.85. The lowest BCUT2D eigenvalue weighted by molar-refractivity contribution is -0.152. The number of anilines is 1. The fraction of sp³-hybridized carbons (Fsp3) is 0.350. The molecule has 0 saturated carbocycles. The number of nitrogens with zero attached hydrogens (tertiary/aromatic N) is 1. The number of hydrogen-bond acceptors (Lipinski definition) is 5. The molecule has 0 unspecified atom stereocenters. The van der Waals surface area contributed by atoms with Crippen LogP contribution in [0.2, 0.25) is 0 Å². The third kappa shape index (κ3) is 5.20. The summed E-state index contributed by atoms with van der Waals surface area (Å²) in [7, 11) is 0. The number of thiophene rings is 1. The fourth-order valence-electron chi connectivity index (χ4n) is 3.05. The topological polar surface area (TPSA) is 75.7 Å². The van der Waals surface area contributed by atoms with Crippen molar-refractivity contribution in [3.63, 3.8) is 0 Å². The highest BCUT2D eigenvalue weighted by molar-refractivity contribution is 9.10. The molecule has 6 nitrogen and oxygen atoms in total. The summed E-state index contributed by atoms with van der Waals surface area (Å²) >= 11 is 4.82. The number of amides is 2. The predicted molar refractivity (Wildman–Crippen MR) is 111 cm³/mol.